The number of imidazole rings is 1. The lowest BCUT2D eigenvalue weighted by Gasteiger charge is -2.25. The summed E-state index contributed by atoms with van der Waals surface area (Å²) in [4.78, 5) is 35.8. The Morgan fingerprint density at radius 3 is 2.73 bits per heavy atom. The molecule has 2 aromatic heterocycles. The molecule has 0 radical (unpaired) electrons. The number of hydrogen-bond donors (Lipinski definition) is 1. The molecule has 1 fully saturated rings. The van der Waals surface area contributed by atoms with Crippen molar-refractivity contribution in [2.45, 2.75) is 32.4 Å². The maximum absolute atomic E-state index is 13.1. The number of ether oxygens (including phenoxy) is 1. The maximum atomic E-state index is 13.1. The van der Waals surface area contributed by atoms with Gasteiger partial charge in [-0.3, -0.25) is 14.6 Å². The minimum absolute atomic E-state index is 0.0586. The fourth-order valence-corrected chi connectivity index (χ4v) is 3.95. The molecule has 3 heterocycles. The highest BCUT2D eigenvalue weighted by Crippen LogP contribution is 2.39. The second-order valence-corrected chi connectivity index (χ2v) is 7.81. The van der Waals surface area contributed by atoms with Gasteiger partial charge in [-0.25, -0.2) is 4.98 Å². The molecule has 1 amide bonds. The van der Waals surface area contributed by atoms with Gasteiger partial charge < -0.3 is 19.3 Å². The summed E-state index contributed by atoms with van der Waals surface area (Å²) >= 11 is 0. The van der Waals surface area contributed by atoms with Gasteiger partial charge in [0.05, 0.1) is 24.5 Å². The molecular formula is C25H26N4O4. The summed E-state index contributed by atoms with van der Waals surface area (Å²) in [6.45, 7) is 3.55. The third-order valence-electron chi connectivity index (χ3n) is 5.49. The molecule has 1 saturated heterocycles. The number of carbonyl (C=O) groups is 2. The van der Waals surface area contributed by atoms with Crippen molar-refractivity contribution in [3.63, 3.8) is 0 Å². The first kappa shape index (κ1) is 22.3. The summed E-state index contributed by atoms with van der Waals surface area (Å²) in [5, 5.41) is 11.2. The molecule has 8 nitrogen and oxygen atoms in total. The lowest BCUT2D eigenvalue weighted by molar-refractivity contribution is -0.139. The van der Waals surface area contributed by atoms with Crippen molar-refractivity contribution in [1.29, 1.82) is 0 Å². The Labute approximate surface area is 192 Å². The summed E-state index contributed by atoms with van der Waals surface area (Å²) < 4.78 is 7.58. The number of rotatable bonds is 9. The van der Waals surface area contributed by atoms with E-state index in [1.54, 1.807) is 61.3 Å². The largest absolute Gasteiger partial charge is 0.507 e. The fraction of sp³-hybridized carbons (Fsp3) is 0.280. The molecule has 0 saturated carbocycles. The first-order valence-electron chi connectivity index (χ1n) is 11.0. The van der Waals surface area contributed by atoms with Crippen LogP contribution < -0.4 is 4.74 Å². The summed E-state index contributed by atoms with van der Waals surface area (Å²) in [7, 11) is 0. The summed E-state index contributed by atoms with van der Waals surface area (Å²) in [5.74, 6) is -0.965. The smallest absolute Gasteiger partial charge is 0.295 e. The summed E-state index contributed by atoms with van der Waals surface area (Å²) in [5.41, 5.74) is 1.15. The first-order chi connectivity index (χ1) is 16.1. The molecule has 170 valence electrons. The minimum atomic E-state index is -0.721. The van der Waals surface area contributed by atoms with Gasteiger partial charge in [-0.15, -0.1) is 0 Å². The molecule has 1 N–H and O–H groups in total. The highest BCUT2D eigenvalue weighted by Gasteiger charge is 2.45. The van der Waals surface area contributed by atoms with E-state index in [0.717, 1.165) is 6.42 Å². The highest BCUT2D eigenvalue weighted by molar-refractivity contribution is 6.46. The average Bonchev–Trinajstić information content (AvgIpc) is 3.45. The van der Waals surface area contributed by atoms with E-state index in [1.165, 1.54) is 4.90 Å². The molecule has 4 rings (SSSR count). The third-order valence-corrected chi connectivity index (χ3v) is 5.49. The van der Waals surface area contributed by atoms with Crippen LogP contribution in [0.25, 0.3) is 5.76 Å². The number of carbonyl (C=O) groups excluding carboxylic acids is 2. The fourth-order valence-electron chi connectivity index (χ4n) is 3.95. The molecule has 1 atom stereocenters. The monoisotopic (exact) mass is 446 g/mol. The predicted molar refractivity (Wildman–Crippen MR) is 122 cm³/mol. The third kappa shape index (κ3) is 4.79. The molecule has 1 aliphatic heterocycles. The van der Waals surface area contributed by atoms with Crippen LogP contribution in [-0.4, -0.2) is 49.4 Å². The van der Waals surface area contributed by atoms with Crippen LogP contribution in [0, 0.1) is 0 Å². The summed E-state index contributed by atoms with van der Waals surface area (Å²) in [6.07, 6.45) is 9.97. The molecule has 3 aromatic rings. The van der Waals surface area contributed by atoms with Gasteiger partial charge in [0, 0.05) is 43.4 Å². The quantitative estimate of drug-likeness (QED) is 0.307. The Balaban J connectivity index is 1.69. The predicted octanol–water partition coefficient (Wildman–Crippen LogP) is 3.58. The van der Waals surface area contributed by atoms with Crippen molar-refractivity contribution in [1.82, 2.24) is 19.4 Å². The van der Waals surface area contributed by atoms with E-state index < -0.39 is 17.7 Å². The van der Waals surface area contributed by atoms with Crippen molar-refractivity contribution < 1.29 is 19.4 Å². The van der Waals surface area contributed by atoms with Gasteiger partial charge in [-0.2, -0.15) is 0 Å². The highest BCUT2D eigenvalue weighted by atomic mass is 16.5. The van der Waals surface area contributed by atoms with E-state index >= 15 is 0 Å². The lowest BCUT2D eigenvalue weighted by atomic mass is 9.96. The average molecular weight is 447 g/mol. The van der Waals surface area contributed by atoms with Crippen LogP contribution >= 0.6 is 0 Å². The van der Waals surface area contributed by atoms with Crippen LogP contribution in [-0.2, 0) is 16.1 Å². The van der Waals surface area contributed by atoms with E-state index in [2.05, 4.69) is 9.97 Å². The number of aliphatic hydroxyl groups excluding tert-OH is 1. The van der Waals surface area contributed by atoms with E-state index in [0.29, 0.717) is 43.0 Å². The zero-order valence-electron chi connectivity index (χ0n) is 18.4. The number of aliphatic hydroxyl groups is 1. The minimum Gasteiger partial charge on any atom is -0.507 e. The number of Topliss-reactive ketones (excluding diaryl/α,β-unsaturated/α-hetero) is 1. The molecule has 8 heteroatoms. The lowest BCUT2D eigenvalue weighted by Crippen LogP contribution is -2.31. The molecule has 1 aliphatic rings. The number of aromatic nitrogens is 3. The van der Waals surface area contributed by atoms with Gasteiger partial charge in [0.1, 0.15) is 11.5 Å². The Kier molecular flexibility index (Phi) is 6.83. The first-order valence-corrected chi connectivity index (χ1v) is 11.0. The van der Waals surface area contributed by atoms with Gasteiger partial charge in [-0.05, 0) is 36.6 Å². The maximum Gasteiger partial charge on any atom is 0.295 e. The second kappa shape index (κ2) is 10.1. The number of hydrogen-bond acceptors (Lipinski definition) is 6. The molecule has 0 spiro atoms. The van der Waals surface area contributed by atoms with Gasteiger partial charge >= 0.3 is 0 Å². The number of pyridine rings is 1. The van der Waals surface area contributed by atoms with Crippen LogP contribution in [0.3, 0.4) is 0 Å². The van der Waals surface area contributed by atoms with E-state index in [-0.39, 0.29) is 11.3 Å². The number of nitrogens with zero attached hydrogens (tertiary/aromatic N) is 4. The Morgan fingerprint density at radius 1 is 1.12 bits per heavy atom. The zero-order chi connectivity index (χ0) is 23.2. The number of likely N-dealkylation sites (tertiary alicyclic amines) is 1. The Hall–Kier alpha value is -3.94. The van der Waals surface area contributed by atoms with Gasteiger partial charge in [0.2, 0.25) is 0 Å². The van der Waals surface area contributed by atoms with Crippen molar-refractivity contribution in [2.24, 2.45) is 0 Å². The van der Waals surface area contributed by atoms with Gasteiger partial charge in [0.15, 0.2) is 0 Å². The molecule has 0 aliphatic carbocycles. The van der Waals surface area contributed by atoms with Crippen LogP contribution in [0.4, 0.5) is 0 Å². The molecule has 33 heavy (non-hydrogen) atoms. The Bertz CT molecular complexity index is 1140. The van der Waals surface area contributed by atoms with Crippen molar-refractivity contribution in [3.05, 3.63) is 84.2 Å². The second-order valence-electron chi connectivity index (χ2n) is 7.81. The normalized spacial score (nSPS) is 17.5. The zero-order valence-corrected chi connectivity index (χ0v) is 18.4. The van der Waals surface area contributed by atoms with Crippen LogP contribution in [0.15, 0.2) is 73.1 Å². The molecule has 1 aromatic carbocycles. The molecule has 1 unspecified atom stereocenters. The summed E-state index contributed by atoms with van der Waals surface area (Å²) in [6, 6.07) is 9.75. The van der Waals surface area contributed by atoms with Crippen LogP contribution in [0.2, 0.25) is 0 Å². The molecule has 0 bridgehead atoms. The number of aryl methyl sites for hydroxylation is 1. The van der Waals surface area contributed by atoms with Gasteiger partial charge in [-0.1, -0.05) is 25.1 Å². The number of benzene rings is 1. The number of amides is 1. The van der Waals surface area contributed by atoms with E-state index in [4.69, 9.17) is 4.74 Å². The topological polar surface area (TPSA) is 97.6 Å². The SMILES string of the molecule is CCCOc1cccc(C(O)=C2C(=O)C(=O)N(CCCn3ccnc3)C2c2cccnc2)c1. The van der Waals surface area contributed by atoms with E-state index in [1.807, 2.05) is 17.7 Å². The molecular weight excluding hydrogens is 420 g/mol. The van der Waals surface area contributed by atoms with Crippen molar-refractivity contribution >= 4 is 17.4 Å². The van der Waals surface area contributed by atoms with Gasteiger partial charge in [0.25, 0.3) is 11.7 Å². The standard InChI is InChI=1S/C25H26N4O4/c1-2-14-33-20-8-3-6-18(15-20)23(30)21-22(19-7-4-9-26-16-19)29(25(32)24(21)31)12-5-11-28-13-10-27-17-28/h3-4,6-10,13,15-17,22,30H,2,5,11-12,14H2,1H3. The van der Waals surface area contributed by atoms with Crippen LogP contribution in [0.5, 0.6) is 5.75 Å². The van der Waals surface area contributed by atoms with Crippen molar-refractivity contribution in [3.8, 4) is 5.75 Å². The van der Waals surface area contributed by atoms with E-state index in [9.17, 15) is 14.7 Å². The van der Waals surface area contributed by atoms with Crippen LogP contribution in [0.1, 0.15) is 36.9 Å². The number of ketones is 1. The Morgan fingerprint density at radius 2 is 2.00 bits per heavy atom. The van der Waals surface area contributed by atoms with Crippen molar-refractivity contribution in [2.75, 3.05) is 13.2 Å².